The van der Waals surface area contributed by atoms with E-state index in [1.54, 1.807) is 0 Å². The van der Waals surface area contributed by atoms with E-state index >= 15 is 0 Å². The van der Waals surface area contributed by atoms with Gasteiger partial charge in [-0.15, -0.1) is 0 Å². The minimum atomic E-state index is -5.17. The molecule has 2 atom stereocenters. The molecule has 0 radical (unpaired) electrons. The molecule has 7 nitrogen and oxygen atoms in total. The Morgan fingerprint density at radius 3 is 2.41 bits per heavy atom. The molecule has 11 heteroatoms. The summed E-state index contributed by atoms with van der Waals surface area (Å²) in [7, 11) is 2.41. The zero-order valence-electron chi connectivity index (χ0n) is 15.5. The van der Waals surface area contributed by atoms with Crippen molar-refractivity contribution in [1.29, 1.82) is 0 Å². The number of hydrogen-bond acceptors (Lipinski definition) is 5. The van der Waals surface area contributed by atoms with Crippen molar-refractivity contribution in [1.82, 2.24) is 14.9 Å². The number of nitrogens with one attached hydrogen (secondary N) is 1. The number of amides is 1. The smallest absolute Gasteiger partial charge is 0.425 e. The number of nitrogens with zero attached hydrogens (tertiary/aromatic N) is 2. The second-order valence-electron chi connectivity index (χ2n) is 6.35. The number of halogens is 4. The van der Waals surface area contributed by atoms with Crippen LogP contribution in [0.15, 0.2) is 36.7 Å². The fraction of sp³-hybridized carbons (Fsp3) is 0.389. The van der Waals surface area contributed by atoms with Gasteiger partial charge in [-0.1, -0.05) is 23.7 Å². The number of rotatable bonds is 7. The van der Waals surface area contributed by atoms with Crippen LogP contribution in [0.1, 0.15) is 30.3 Å². The van der Waals surface area contributed by atoms with Crippen LogP contribution in [-0.2, 0) is 27.0 Å². The Balaban J connectivity index is 2.28. The van der Waals surface area contributed by atoms with Crippen LogP contribution in [-0.4, -0.2) is 39.8 Å². The third kappa shape index (κ3) is 5.27. The van der Waals surface area contributed by atoms with Crippen LogP contribution in [0.2, 0.25) is 5.02 Å². The van der Waals surface area contributed by atoms with Gasteiger partial charge in [0, 0.05) is 24.5 Å². The molecule has 2 rings (SSSR count). The summed E-state index contributed by atoms with van der Waals surface area (Å²) in [5, 5.41) is 13.1. The molecule has 2 N–H and O–H groups in total. The lowest BCUT2D eigenvalue weighted by Crippen LogP contribution is -2.48. The van der Waals surface area contributed by atoms with Crippen molar-refractivity contribution < 1.29 is 32.6 Å². The van der Waals surface area contributed by atoms with Gasteiger partial charge in [-0.05, 0) is 17.7 Å². The highest BCUT2D eigenvalue weighted by molar-refractivity contribution is 6.30. The van der Waals surface area contributed by atoms with E-state index in [1.165, 1.54) is 37.5 Å². The number of methoxy groups -OCH3 is 1. The highest BCUT2D eigenvalue weighted by Crippen LogP contribution is 2.40. The monoisotopic (exact) mass is 433 g/mol. The zero-order chi connectivity index (χ0) is 21.8. The van der Waals surface area contributed by atoms with Gasteiger partial charge in [0.15, 0.2) is 5.82 Å². The van der Waals surface area contributed by atoms with Gasteiger partial charge in [-0.25, -0.2) is 4.98 Å². The third-order valence-corrected chi connectivity index (χ3v) is 4.53. The number of aryl methyl sites for hydroxylation is 1. The second kappa shape index (κ2) is 8.83. The topological polar surface area (TPSA) is 93.4 Å². The zero-order valence-corrected chi connectivity index (χ0v) is 16.3. The van der Waals surface area contributed by atoms with Crippen LogP contribution in [0.25, 0.3) is 0 Å². The highest BCUT2D eigenvalue weighted by Gasteiger charge is 2.58. The summed E-state index contributed by atoms with van der Waals surface area (Å²) in [6.45, 7) is 0. The van der Waals surface area contributed by atoms with Crippen molar-refractivity contribution >= 4 is 23.5 Å². The van der Waals surface area contributed by atoms with Crippen molar-refractivity contribution in [2.75, 3.05) is 7.11 Å². The van der Waals surface area contributed by atoms with E-state index in [4.69, 9.17) is 11.6 Å². The molecular formula is C18H19ClF3N3O4. The van der Waals surface area contributed by atoms with E-state index < -0.39 is 41.9 Å². The molecule has 29 heavy (non-hydrogen) atoms. The Bertz CT molecular complexity index is 870. The Labute approximate surface area is 169 Å². The number of alkyl halides is 3. The molecule has 0 saturated heterocycles. The van der Waals surface area contributed by atoms with E-state index in [0.717, 1.165) is 17.9 Å². The summed E-state index contributed by atoms with van der Waals surface area (Å²) in [5.74, 6) is -2.53. The number of benzene rings is 1. The number of hydrogen-bond donors (Lipinski definition) is 2. The van der Waals surface area contributed by atoms with Crippen LogP contribution >= 0.6 is 11.6 Å². The van der Waals surface area contributed by atoms with Gasteiger partial charge in [0.05, 0.1) is 26.0 Å². The summed E-state index contributed by atoms with van der Waals surface area (Å²) < 4.78 is 46.4. The fourth-order valence-electron chi connectivity index (χ4n) is 2.75. The Morgan fingerprint density at radius 2 is 1.93 bits per heavy atom. The van der Waals surface area contributed by atoms with Gasteiger partial charge in [0.1, 0.15) is 0 Å². The van der Waals surface area contributed by atoms with E-state index in [0.29, 0.717) is 10.6 Å². The molecule has 1 aromatic carbocycles. The molecule has 0 aliphatic carbocycles. The Morgan fingerprint density at radius 1 is 1.31 bits per heavy atom. The summed E-state index contributed by atoms with van der Waals surface area (Å²) in [5.41, 5.74) is -3.08. The lowest BCUT2D eigenvalue weighted by molar-refractivity contribution is -0.271. The van der Waals surface area contributed by atoms with Crippen molar-refractivity contribution in [2.24, 2.45) is 7.05 Å². The molecule has 158 valence electrons. The van der Waals surface area contributed by atoms with Gasteiger partial charge in [0.2, 0.25) is 11.5 Å². The molecule has 0 spiro atoms. The largest absolute Gasteiger partial charge is 0.469 e. The lowest BCUT2D eigenvalue weighted by Gasteiger charge is -2.30. The number of carbonyl (C=O) groups is 2. The first-order valence-corrected chi connectivity index (χ1v) is 8.74. The van der Waals surface area contributed by atoms with Crippen molar-refractivity contribution in [2.45, 2.75) is 30.7 Å². The molecule has 2 aromatic rings. The number of aliphatic hydroxyl groups is 1. The van der Waals surface area contributed by atoms with Crippen molar-refractivity contribution in [3.63, 3.8) is 0 Å². The summed E-state index contributed by atoms with van der Waals surface area (Å²) >= 11 is 5.82. The standard InChI is InChI=1S/C18H19ClF3N3O4/c1-25-8-7-23-16(25)17(28,18(20,21)22)10-14(26)24-13(9-15(27)29-2)11-3-5-12(19)6-4-11/h3-8,13,28H,9-10H2,1-2H3,(H,24,26). The van der Waals surface area contributed by atoms with Crippen molar-refractivity contribution in [3.05, 3.63) is 53.1 Å². The first kappa shape index (κ1) is 22.7. The molecule has 0 bridgehead atoms. The molecule has 0 aliphatic heterocycles. The van der Waals surface area contributed by atoms with Crippen LogP contribution in [0, 0.1) is 0 Å². The van der Waals surface area contributed by atoms with Gasteiger partial charge in [0.25, 0.3) is 0 Å². The Hall–Kier alpha value is -2.59. The minimum absolute atomic E-state index is 0.323. The third-order valence-electron chi connectivity index (χ3n) is 4.28. The lowest BCUT2D eigenvalue weighted by atomic mass is 9.96. The predicted octanol–water partition coefficient (Wildman–Crippen LogP) is 2.63. The number of aromatic nitrogens is 2. The summed E-state index contributed by atoms with van der Waals surface area (Å²) in [4.78, 5) is 27.7. The fourth-order valence-corrected chi connectivity index (χ4v) is 2.87. The summed E-state index contributed by atoms with van der Waals surface area (Å²) in [6.07, 6.45) is -4.53. The maximum absolute atomic E-state index is 13.6. The van der Waals surface area contributed by atoms with Gasteiger partial charge in [-0.3, -0.25) is 9.59 Å². The SMILES string of the molecule is COC(=O)CC(NC(=O)CC(O)(c1nccn1C)C(F)(F)F)c1ccc(Cl)cc1. The van der Waals surface area contributed by atoms with Crippen LogP contribution in [0.5, 0.6) is 0 Å². The molecule has 1 aromatic heterocycles. The number of ether oxygens (including phenoxy) is 1. The second-order valence-corrected chi connectivity index (χ2v) is 6.78. The van der Waals surface area contributed by atoms with Gasteiger partial charge in [-0.2, -0.15) is 13.2 Å². The normalized spacial score (nSPS) is 14.7. The summed E-state index contributed by atoms with van der Waals surface area (Å²) in [6, 6.07) is 5.07. The Kier molecular flexibility index (Phi) is 6.91. The average Bonchev–Trinajstić information content (AvgIpc) is 3.07. The molecule has 1 amide bonds. The van der Waals surface area contributed by atoms with Crippen LogP contribution in [0.3, 0.4) is 0 Å². The first-order valence-electron chi connectivity index (χ1n) is 8.36. The maximum atomic E-state index is 13.6. The number of imidazole rings is 1. The average molecular weight is 434 g/mol. The van der Waals surface area contributed by atoms with E-state index in [2.05, 4.69) is 15.0 Å². The quantitative estimate of drug-likeness (QED) is 0.655. The predicted molar refractivity (Wildman–Crippen MR) is 96.7 cm³/mol. The number of carbonyl (C=O) groups excluding carboxylic acids is 2. The van der Waals surface area contributed by atoms with E-state index in [-0.39, 0.29) is 6.42 Å². The van der Waals surface area contributed by atoms with E-state index in [1.807, 2.05) is 0 Å². The maximum Gasteiger partial charge on any atom is 0.425 e. The van der Waals surface area contributed by atoms with E-state index in [9.17, 15) is 27.9 Å². The minimum Gasteiger partial charge on any atom is -0.469 e. The first-order chi connectivity index (χ1) is 13.5. The van der Waals surface area contributed by atoms with Gasteiger partial charge >= 0.3 is 12.1 Å². The number of esters is 1. The molecule has 2 unspecified atom stereocenters. The van der Waals surface area contributed by atoms with Gasteiger partial charge < -0.3 is 19.7 Å². The highest BCUT2D eigenvalue weighted by atomic mass is 35.5. The van der Waals surface area contributed by atoms with Crippen LogP contribution < -0.4 is 5.32 Å². The molecule has 0 fully saturated rings. The molecule has 0 aliphatic rings. The van der Waals surface area contributed by atoms with Crippen molar-refractivity contribution in [3.8, 4) is 0 Å². The van der Waals surface area contributed by atoms with Crippen LogP contribution in [0.4, 0.5) is 13.2 Å². The molecule has 0 saturated carbocycles. The molecule has 1 heterocycles. The molecular weight excluding hydrogens is 415 g/mol.